The number of ether oxygens (including phenoxy) is 1. The molecule has 3 unspecified atom stereocenters. The molecule has 2 heterocycles. The second kappa shape index (κ2) is 6.00. The topological polar surface area (TPSA) is 62.4 Å². The Morgan fingerprint density at radius 1 is 1.25 bits per heavy atom. The van der Waals surface area contributed by atoms with E-state index in [0.717, 1.165) is 51.4 Å². The van der Waals surface area contributed by atoms with Crippen molar-refractivity contribution in [2.45, 2.75) is 31.7 Å². The summed E-state index contributed by atoms with van der Waals surface area (Å²) >= 11 is 0. The molecule has 0 aromatic carbocycles. The van der Waals surface area contributed by atoms with E-state index in [-0.39, 0.29) is 11.3 Å². The lowest BCUT2D eigenvalue weighted by Gasteiger charge is -2.37. The van der Waals surface area contributed by atoms with E-state index >= 15 is 0 Å². The summed E-state index contributed by atoms with van der Waals surface area (Å²) in [5.74, 6) is 1.63. The Morgan fingerprint density at radius 2 is 2.05 bits per heavy atom. The Morgan fingerprint density at radius 3 is 2.80 bits per heavy atom. The van der Waals surface area contributed by atoms with Crippen LogP contribution in [0.2, 0.25) is 0 Å². The molecule has 0 aromatic heterocycles. The van der Waals surface area contributed by atoms with E-state index in [4.69, 9.17) is 4.74 Å². The van der Waals surface area contributed by atoms with Crippen molar-refractivity contribution >= 4 is 5.91 Å². The van der Waals surface area contributed by atoms with E-state index in [1.165, 1.54) is 6.42 Å². The van der Waals surface area contributed by atoms with E-state index in [9.17, 15) is 4.79 Å². The number of methoxy groups -OCH3 is 1. The van der Waals surface area contributed by atoms with Gasteiger partial charge >= 0.3 is 0 Å². The molecule has 114 valence electrons. The number of amides is 1. The SMILES string of the molecule is COCC1(C(=O)NC2CCC3CNCC32)CCNCC1. The predicted octanol–water partition coefficient (Wildman–Crippen LogP) is 0.117. The Labute approximate surface area is 121 Å². The highest BCUT2D eigenvalue weighted by Gasteiger charge is 2.44. The molecule has 1 aliphatic carbocycles. The monoisotopic (exact) mass is 281 g/mol. The quantitative estimate of drug-likeness (QED) is 0.685. The van der Waals surface area contributed by atoms with Gasteiger partial charge in [-0.2, -0.15) is 0 Å². The zero-order valence-corrected chi connectivity index (χ0v) is 12.4. The van der Waals surface area contributed by atoms with Crippen LogP contribution < -0.4 is 16.0 Å². The Bertz CT molecular complexity index is 350. The number of hydrogen-bond acceptors (Lipinski definition) is 4. The molecule has 3 atom stereocenters. The predicted molar refractivity (Wildman–Crippen MR) is 77.4 cm³/mol. The van der Waals surface area contributed by atoms with Crippen molar-refractivity contribution in [2.75, 3.05) is 39.9 Å². The summed E-state index contributed by atoms with van der Waals surface area (Å²) in [4.78, 5) is 12.8. The summed E-state index contributed by atoms with van der Waals surface area (Å²) in [6.07, 6.45) is 4.16. The zero-order valence-electron chi connectivity index (χ0n) is 12.4. The zero-order chi connectivity index (χ0) is 14.0. The van der Waals surface area contributed by atoms with Crippen molar-refractivity contribution in [3.8, 4) is 0 Å². The first-order valence-corrected chi connectivity index (χ1v) is 7.96. The summed E-state index contributed by atoms with van der Waals surface area (Å²) in [5.41, 5.74) is -0.315. The number of fused-ring (bicyclic) bond motifs is 1. The van der Waals surface area contributed by atoms with Crippen molar-refractivity contribution in [2.24, 2.45) is 17.3 Å². The summed E-state index contributed by atoms with van der Waals surface area (Å²) < 4.78 is 5.36. The van der Waals surface area contributed by atoms with E-state index in [1.54, 1.807) is 7.11 Å². The fraction of sp³-hybridized carbons (Fsp3) is 0.933. The molecule has 5 heteroatoms. The van der Waals surface area contributed by atoms with Gasteiger partial charge < -0.3 is 20.7 Å². The molecule has 0 bridgehead atoms. The maximum absolute atomic E-state index is 12.8. The highest BCUT2D eigenvalue weighted by Crippen LogP contribution is 2.36. The van der Waals surface area contributed by atoms with Gasteiger partial charge in [0.15, 0.2) is 0 Å². The molecule has 0 radical (unpaired) electrons. The fourth-order valence-electron chi connectivity index (χ4n) is 4.27. The maximum Gasteiger partial charge on any atom is 0.228 e. The van der Waals surface area contributed by atoms with Gasteiger partial charge in [-0.3, -0.25) is 4.79 Å². The lowest BCUT2D eigenvalue weighted by Crippen LogP contribution is -2.53. The first-order chi connectivity index (χ1) is 9.75. The van der Waals surface area contributed by atoms with Crippen LogP contribution in [-0.2, 0) is 9.53 Å². The minimum Gasteiger partial charge on any atom is -0.384 e. The summed E-state index contributed by atoms with van der Waals surface area (Å²) in [5, 5.41) is 10.2. The first-order valence-electron chi connectivity index (χ1n) is 7.96. The Hall–Kier alpha value is -0.650. The molecule has 2 aliphatic heterocycles. The van der Waals surface area contributed by atoms with Crippen molar-refractivity contribution in [3.63, 3.8) is 0 Å². The smallest absolute Gasteiger partial charge is 0.228 e. The number of carbonyl (C=O) groups excluding carboxylic acids is 1. The Kier molecular flexibility index (Phi) is 4.29. The van der Waals surface area contributed by atoms with Crippen LogP contribution in [0.3, 0.4) is 0 Å². The number of carbonyl (C=O) groups is 1. The lowest BCUT2D eigenvalue weighted by atomic mass is 9.78. The van der Waals surface area contributed by atoms with Crippen LogP contribution in [0, 0.1) is 17.3 Å². The van der Waals surface area contributed by atoms with Gasteiger partial charge in [-0.1, -0.05) is 0 Å². The van der Waals surface area contributed by atoms with Crippen molar-refractivity contribution in [1.29, 1.82) is 0 Å². The van der Waals surface area contributed by atoms with Crippen molar-refractivity contribution in [3.05, 3.63) is 0 Å². The van der Waals surface area contributed by atoms with Crippen LogP contribution in [0.25, 0.3) is 0 Å². The van der Waals surface area contributed by atoms with E-state index in [1.807, 2.05) is 0 Å². The molecule has 5 nitrogen and oxygen atoms in total. The summed E-state index contributed by atoms with van der Waals surface area (Å²) in [7, 11) is 1.70. The van der Waals surface area contributed by atoms with E-state index in [0.29, 0.717) is 18.6 Å². The molecule has 2 saturated heterocycles. The van der Waals surface area contributed by atoms with Crippen LogP contribution in [0.15, 0.2) is 0 Å². The van der Waals surface area contributed by atoms with Crippen LogP contribution in [0.1, 0.15) is 25.7 Å². The van der Waals surface area contributed by atoms with Crippen LogP contribution in [0.5, 0.6) is 0 Å². The fourth-order valence-corrected chi connectivity index (χ4v) is 4.27. The summed E-state index contributed by atoms with van der Waals surface area (Å²) in [6.45, 7) is 4.56. The third-order valence-electron chi connectivity index (χ3n) is 5.54. The van der Waals surface area contributed by atoms with E-state index < -0.39 is 0 Å². The molecule has 1 amide bonds. The normalized spacial score (nSPS) is 35.8. The average molecular weight is 281 g/mol. The number of hydrogen-bond donors (Lipinski definition) is 3. The maximum atomic E-state index is 12.8. The second-order valence-corrected chi connectivity index (χ2v) is 6.70. The van der Waals surface area contributed by atoms with Gasteiger partial charge in [-0.25, -0.2) is 0 Å². The highest BCUT2D eigenvalue weighted by atomic mass is 16.5. The third kappa shape index (κ3) is 2.59. The van der Waals surface area contributed by atoms with Crippen LogP contribution >= 0.6 is 0 Å². The molecule has 20 heavy (non-hydrogen) atoms. The van der Waals surface area contributed by atoms with Crippen molar-refractivity contribution in [1.82, 2.24) is 16.0 Å². The van der Waals surface area contributed by atoms with Gasteiger partial charge in [0.1, 0.15) is 0 Å². The number of rotatable bonds is 4. The van der Waals surface area contributed by atoms with Gasteiger partial charge in [0.05, 0.1) is 12.0 Å². The van der Waals surface area contributed by atoms with Crippen molar-refractivity contribution < 1.29 is 9.53 Å². The summed E-state index contributed by atoms with van der Waals surface area (Å²) in [6, 6.07) is 0.367. The molecule has 0 spiro atoms. The average Bonchev–Trinajstić information content (AvgIpc) is 3.05. The van der Waals surface area contributed by atoms with Crippen LogP contribution in [0.4, 0.5) is 0 Å². The Balaban J connectivity index is 1.64. The molecule has 3 N–H and O–H groups in total. The first kappa shape index (κ1) is 14.3. The second-order valence-electron chi connectivity index (χ2n) is 6.70. The van der Waals surface area contributed by atoms with Gasteiger partial charge in [-0.05, 0) is 57.2 Å². The minimum absolute atomic E-state index is 0.221. The number of piperidine rings is 1. The molecule has 0 aromatic rings. The molecule has 3 rings (SSSR count). The molecular formula is C15H27N3O2. The van der Waals surface area contributed by atoms with Gasteiger partial charge in [-0.15, -0.1) is 0 Å². The lowest BCUT2D eigenvalue weighted by molar-refractivity contribution is -0.137. The molecule has 3 fully saturated rings. The minimum atomic E-state index is -0.315. The largest absolute Gasteiger partial charge is 0.384 e. The number of nitrogens with one attached hydrogen (secondary N) is 3. The van der Waals surface area contributed by atoms with Crippen LogP contribution in [-0.4, -0.2) is 51.8 Å². The van der Waals surface area contributed by atoms with Gasteiger partial charge in [0, 0.05) is 19.7 Å². The standard InChI is InChI=1S/C15H27N3O2/c1-20-10-15(4-6-16-7-5-15)14(19)18-13-3-2-11-8-17-9-12(11)13/h11-13,16-17H,2-10H2,1H3,(H,18,19). The molecule has 1 saturated carbocycles. The van der Waals surface area contributed by atoms with Gasteiger partial charge in [0.2, 0.25) is 5.91 Å². The molecule has 3 aliphatic rings. The third-order valence-corrected chi connectivity index (χ3v) is 5.54. The highest BCUT2D eigenvalue weighted by molar-refractivity contribution is 5.83. The van der Waals surface area contributed by atoms with Gasteiger partial charge in [0.25, 0.3) is 0 Å². The molecular weight excluding hydrogens is 254 g/mol. The van der Waals surface area contributed by atoms with E-state index in [2.05, 4.69) is 16.0 Å².